The van der Waals surface area contributed by atoms with Crippen LogP contribution in [-0.4, -0.2) is 32.7 Å². The zero-order valence-electron chi connectivity index (χ0n) is 15.2. The fourth-order valence-electron chi connectivity index (χ4n) is 2.53. The van der Waals surface area contributed by atoms with Crippen molar-refractivity contribution in [2.75, 3.05) is 10.6 Å². The Hall–Kier alpha value is -2.89. The van der Waals surface area contributed by atoms with E-state index in [1.165, 1.54) is 12.1 Å². The first kappa shape index (κ1) is 20.8. The molecule has 0 spiro atoms. The SMILES string of the molecule is Bc1ccc(N(Cc2ccc(-c3nnc(C(F)(F)F)o3)cc2F)S(C)(=O)=O)cc1. The summed E-state index contributed by atoms with van der Waals surface area (Å²) < 4.78 is 82.2. The number of halogens is 4. The van der Waals surface area contributed by atoms with E-state index < -0.39 is 33.8 Å². The average molecular weight is 427 g/mol. The van der Waals surface area contributed by atoms with Crippen molar-refractivity contribution < 1.29 is 30.4 Å². The summed E-state index contributed by atoms with van der Waals surface area (Å²) in [4.78, 5) is 0. The summed E-state index contributed by atoms with van der Waals surface area (Å²) in [6.45, 7) is -0.300. The van der Waals surface area contributed by atoms with Crippen LogP contribution in [-0.2, 0) is 22.7 Å². The van der Waals surface area contributed by atoms with Crippen LogP contribution >= 0.6 is 0 Å². The predicted molar refractivity (Wildman–Crippen MR) is 100 cm³/mol. The quantitative estimate of drug-likeness (QED) is 0.461. The topological polar surface area (TPSA) is 76.3 Å². The molecule has 0 amide bonds. The van der Waals surface area contributed by atoms with Gasteiger partial charge in [0.25, 0.3) is 0 Å². The maximum atomic E-state index is 14.6. The zero-order chi connectivity index (χ0) is 21.4. The molecule has 0 aliphatic heterocycles. The molecular formula is C17H14BF4N3O3S. The van der Waals surface area contributed by atoms with E-state index in [4.69, 9.17) is 0 Å². The van der Waals surface area contributed by atoms with Crippen LogP contribution in [0.15, 0.2) is 46.9 Å². The molecule has 152 valence electrons. The first-order valence-electron chi connectivity index (χ1n) is 8.19. The minimum atomic E-state index is -4.81. The summed E-state index contributed by atoms with van der Waals surface area (Å²) >= 11 is 0. The number of hydrogen-bond acceptors (Lipinski definition) is 5. The normalized spacial score (nSPS) is 12.2. The first-order chi connectivity index (χ1) is 13.4. The van der Waals surface area contributed by atoms with Crippen LogP contribution in [0, 0.1) is 5.82 Å². The molecule has 1 heterocycles. The fourth-order valence-corrected chi connectivity index (χ4v) is 3.41. The van der Waals surface area contributed by atoms with Crippen molar-refractivity contribution in [1.29, 1.82) is 0 Å². The van der Waals surface area contributed by atoms with Gasteiger partial charge in [-0.2, -0.15) is 13.2 Å². The Morgan fingerprint density at radius 3 is 2.28 bits per heavy atom. The van der Waals surface area contributed by atoms with E-state index in [-0.39, 0.29) is 17.7 Å². The predicted octanol–water partition coefficient (Wildman–Crippen LogP) is 2.12. The highest BCUT2D eigenvalue weighted by atomic mass is 32.2. The lowest BCUT2D eigenvalue weighted by atomic mass is 9.96. The molecule has 1 aromatic heterocycles. The number of aromatic nitrogens is 2. The van der Waals surface area contributed by atoms with Gasteiger partial charge in [-0.25, -0.2) is 12.8 Å². The van der Waals surface area contributed by atoms with Gasteiger partial charge in [0.1, 0.15) is 13.7 Å². The fraction of sp³-hybridized carbons (Fsp3) is 0.176. The number of nitrogens with zero attached hydrogens (tertiary/aromatic N) is 3. The summed E-state index contributed by atoms with van der Waals surface area (Å²) in [6, 6.07) is 10.1. The summed E-state index contributed by atoms with van der Waals surface area (Å²) in [5.41, 5.74) is 1.25. The largest absolute Gasteiger partial charge is 0.470 e. The lowest BCUT2D eigenvalue weighted by Gasteiger charge is -2.23. The van der Waals surface area contributed by atoms with E-state index in [0.717, 1.165) is 22.1 Å². The second-order valence-electron chi connectivity index (χ2n) is 6.32. The van der Waals surface area contributed by atoms with Crippen LogP contribution in [0.2, 0.25) is 0 Å². The lowest BCUT2D eigenvalue weighted by Crippen LogP contribution is -2.30. The molecule has 0 unspecified atom stereocenters. The Morgan fingerprint density at radius 1 is 1.10 bits per heavy atom. The zero-order valence-corrected chi connectivity index (χ0v) is 16.1. The van der Waals surface area contributed by atoms with Crippen molar-refractivity contribution in [2.45, 2.75) is 12.7 Å². The lowest BCUT2D eigenvalue weighted by molar-refractivity contribution is -0.156. The van der Waals surface area contributed by atoms with Crippen molar-refractivity contribution in [2.24, 2.45) is 0 Å². The third-order valence-corrected chi connectivity index (χ3v) is 5.14. The van der Waals surface area contributed by atoms with Crippen molar-refractivity contribution in [3.05, 3.63) is 59.7 Å². The molecule has 29 heavy (non-hydrogen) atoms. The van der Waals surface area contributed by atoms with Crippen LogP contribution in [0.3, 0.4) is 0 Å². The molecule has 0 bridgehead atoms. The third-order valence-electron chi connectivity index (χ3n) is 4.00. The molecular weight excluding hydrogens is 413 g/mol. The van der Waals surface area contributed by atoms with Crippen molar-refractivity contribution in [3.63, 3.8) is 0 Å². The summed E-state index contributed by atoms with van der Waals surface area (Å²) in [7, 11) is -1.88. The monoisotopic (exact) mass is 427 g/mol. The highest BCUT2D eigenvalue weighted by Gasteiger charge is 2.38. The van der Waals surface area contributed by atoms with Crippen LogP contribution < -0.4 is 9.77 Å². The van der Waals surface area contributed by atoms with Gasteiger partial charge in [-0.05, 0) is 24.3 Å². The van der Waals surface area contributed by atoms with Crippen molar-refractivity contribution in [1.82, 2.24) is 10.2 Å². The number of hydrogen-bond donors (Lipinski definition) is 0. The molecule has 6 nitrogen and oxygen atoms in total. The molecule has 0 aliphatic rings. The molecule has 2 aromatic carbocycles. The standard InChI is InChI=1S/C17H14BF4N3O3S/c1-29(26,27)25(13-6-4-12(18)5-7-13)9-11-3-2-10(8-14(11)19)15-23-24-16(28-15)17(20,21)22/h2-8H,9,18H2,1H3. The highest BCUT2D eigenvalue weighted by molar-refractivity contribution is 7.92. The van der Waals surface area contributed by atoms with Gasteiger partial charge in [0.05, 0.1) is 18.5 Å². The smallest absolute Gasteiger partial charge is 0.413 e. The van der Waals surface area contributed by atoms with Gasteiger partial charge in [0.15, 0.2) is 0 Å². The van der Waals surface area contributed by atoms with E-state index in [9.17, 15) is 26.0 Å². The third kappa shape index (κ3) is 4.76. The molecule has 0 aliphatic carbocycles. The average Bonchev–Trinajstić information content (AvgIpc) is 3.11. The van der Waals surface area contributed by atoms with E-state index in [1.807, 2.05) is 7.85 Å². The number of alkyl halides is 3. The second-order valence-corrected chi connectivity index (χ2v) is 8.23. The van der Waals surface area contributed by atoms with Crippen molar-refractivity contribution >= 4 is 29.0 Å². The minimum Gasteiger partial charge on any atom is -0.413 e. The minimum absolute atomic E-state index is 0.0234. The number of benzene rings is 2. The summed E-state index contributed by atoms with van der Waals surface area (Å²) in [5.74, 6) is -2.86. The second kappa shape index (κ2) is 7.50. The molecule has 12 heteroatoms. The van der Waals surface area contributed by atoms with Crippen LogP contribution in [0.4, 0.5) is 23.2 Å². The summed E-state index contributed by atoms with van der Waals surface area (Å²) in [6.07, 6.45) is -3.82. The van der Waals surface area contributed by atoms with Gasteiger partial charge in [0.2, 0.25) is 15.9 Å². The maximum Gasteiger partial charge on any atom is 0.470 e. The Labute approximate surface area is 164 Å². The van der Waals surface area contributed by atoms with Gasteiger partial charge in [-0.15, -0.1) is 10.2 Å². The highest BCUT2D eigenvalue weighted by Crippen LogP contribution is 2.31. The first-order valence-corrected chi connectivity index (χ1v) is 10.0. The van der Waals surface area contributed by atoms with Gasteiger partial charge < -0.3 is 4.42 Å². The summed E-state index contributed by atoms with van der Waals surface area (Å²) in [5, 5.41) is 6.16. The number of anilines is 1. The van der Waals surface area contributed by atoms with Gasteiger partial charge >= 0.3 is 12.1 Å². The molecule has 0 fully saturated rings. The van der Waals surface area contributed by atoms with Crippen LogP contribution in [0.5, 0.6) is 0 Å². The van der Waals surface area contributed by atoms with E-state index in [1.54, 1.807) is 24.3 Å². The molecule has 0 N–H and O–H groups in total. The maximum absolute atomic E-state index is 14.6. The molecule has 0 radical (unpaired) electrons. The van der Waals surface area contributed by atoms with E-state index in [0.29, 0.717) is 5.69 Å². The Balaban J connectivity index is 1.91. The van der Waals surface area contributed by atoms with Crippen molar-refractivity contribution in [3.8, 4) is 11.5 Å². The number of rotatable bonds is 5. The number of sulfonamides is 1. The van der Waals surface area contributed by atoms with E-state index in [2.05, 4.69) is 14.6 Å². The molecule has 3 aromatic rings. The molecule has 0 saturated heterocycles. The Bertz CT molecular complexity index is 1130. The van der Waals surface area contributed by atoms with Crippen LogP contribution in [0.25, 0.3) is 11.5 Å². The van der Waals surface area contributed by atoms with Gasteiger partial charge in [-0.3, -0.25) is 4.31 Å². The molecule has 0 atom stereocenters. The van der Waals surface area contributed by atoms with E-state index >= 15 is 0 Å². The Morgan fingerprint density at radius 2 is 1.76 bits per heavy atom. The molecule has 3 rings (SSSR count). The molecule has 0 saturated carbocycles. The van der Waals surface area contributed by atoms with Crippen LogP contribution in [0.1, 0.15) is 11.5 Å². The Kier molecular flexibility index (Phi) is 5.39. The van der Waals surface area contributed by atoms with Gasteiger partial charge in [-0.1, -0.05) is 23.7 Å². The van der Waals surface area contributed by atoms with Gasteiger partial charge in [0, 0.05) is 11.1 Å².